The number of hydrogen-bond donors (Lipinski definition) is 2. The van der Waals surface area contributed by atoms with E-state index in [1.54, 1.807) is 0 Å². The molecule has 1 rings (SSSR count). The first-order valence-corrected chi connectivity index (χ1v) is 5.94. The van der Waals surface area contributed by atoms with Gasteiger partial charge in [0.2, 0.25) is 11.8 Å². The van der Waals surface area contributed by atoms with Gasteiger partial charge in [0.1, 0.15) is 0 Å². The summed E-state index contributed by atoms with van der Waals surface area (Å²) in [4.78, 5) is 24.3. The van der Waals surface area contributed by atoms with Gasteiger partial charge in [0, 0.05) is 25.9 Å². The summed E-state index contributed by atoms with van der Waals surface area (Å²) in [6.07, 6.45) is 3.85. The van der Waals surface area contributed by atoms with Gasteiger partial charge in [0.15, 0.2) is 0 Å². The molecule has 1 heterocycles. The molecule has 1 unspecified atom stereocenters. The van der Waals surface area contributed by atoms with Crippen LogP contribution in [0.25, 0.3) is 0 Å². The number of nitrogens with one attached hydrogen (secondary N) is 1. The van der Waals surface area contributed by atoms with Gasteiger partial charge in [-0.2, -0.15) is 0 Å². The van der Waals surface area contributed by atoms with Gasteiger partial charge in [-0.05, 0) is 18.8 Å². The number of nitrogens with two attached hydrogens (primary N) is 1. The minimum absolute atomic E-state index is 0.140. The molecule has 3 N–H and O–H groups in total. The number of rotatable bonds is 6. The van der Waals surface area contributed by atoms with E-state index in [1.165, 1.54) is 0 Å². The Balaban J connectivity index is 2.14. The second-order valence-corrected chi connectivity index (χ2v) is 4.34. The molecule has 92 valence electrons. The van der Waals surface area contributed by atoms with E-state index in [1.807, 2.05) is 4.90 Å². The van der Waals surface area contributed by atoms with Crippen molar-refractivity contribution >= 4 is 11.8 Å². The van der Waals surface area contributed by atoms with Crippen LogP contribution in [0.5, 0.6) is 0 Å². The Bertz CT molecular complexity index is 256. The molecule has 2 amide bonds. The zero-order valence-corrected chi connectivity index (χ0v) is 9.87. The summed E-state index contributed by atoms with van der Waals surface area (Å²) in [5, 5.41) is 0. The van der Waals surface area contributed by atoms with Crippen molar-refractivity contribution in [3.8, 4) is 0 Å². The average molecular weight is 227 g/mol. The Kier molecular flexibility index (Phi) is 5.25. The fourth-order valence-electron chi connectivity index (χ4n) is 2.00. The molecule has 0 aromatic heterocycles. The Morgan fingerprint density at radius 3 is 2.88 bits per heavy atom. The third-order valence-corrected chi connectivity index (χ3v) is 3.11. The molecule has 1 aliphatic rings. The van der Waals surface area contributed by atoms with Gasteiger partial charge in [0.25, 0.3) is 0 Å². The third-order valence-electron chi connectivity index (χ3n) is 3.11. The summed E-state index contributed by atoms with van der Waals surface area (Å²) < 4.78 is 0. The maximum Gasteiger partial charge on any atom is 0.233 e. The molecule has 0 aromatic rings. The number of nitrogens with zero attached hydrogens (tertiary/aromatic N) is 1. The van der Waals surface area contributed by atoms with Gasteiger partial charge in [-0.1, -0.05) is 13.3 Å². The lowest BCUT2D eigenvalue weighted by atomic mass is 10.1. The summed E-state index contributed by atoms with van der Waals surface area (Å²) in [7, 11) is 0. The van der Waals surface area contributed by atoms with Crippen molar-refractivity contribution in [3.63, 3.8) is 0 Å². The Morgan fingerprint density at radius 1 is 1.56 bits per heavy atom. The molecule has 5 heteroatoms. The lowest BCUT2D eigenvalue weighted by molar-refractivity contribution is -0.127. The van der Waals surface area contributed by atoms with E-state index < -0.39 is 0 Å². The van der Waals surface area contributed by atoms with Crippen LogP contribution in [-0.4, -0.2) is 29.8 Å². The number of likely N-dealkylation sites (tertiary alicyclic amines) is 1. The minimum atomic E-state index is -0.140. The van der Waals surface area contributed by atoms with E-state index >= 15 is 0 Å². The number of hydrazine groups is 1. The van der Waals surface area contributed by atoms with Crippen LogP contribution in [0.4, 0.5) is 0 Å². The van der Waals surface area contributed by atoms with E-state index in [4.69, 9.17) is 5.84 Å². The molecule has 0 saturated carbocycles. The zero-order chi connectivity index (χ0) is 12.0. The third kappa shape index (κ3) is 3.81. The standard InChI is InChI=1S/C11H21N3O2/c1-2-9-7-11(16)14(8-9)6-4-3-5-10(15)13-12/h9H,2-8,12H2,1H3,(H,13,15). The Morgan fingerprint density at radius 2 is 2.31 bits per heavy atom. The first kappa shape index (κ1) is 13.0. The van der Waals surface area contributed by atoms with Gasteiger partial charge in [-0.3, -0.25) is 15.0 Å². The summed E-state index contributed by atoms with van der Waals surface area (Å²) in [6, 6.07) is 0. The number of hydrogen-bond acceptors (Lipinski definition) is 3. The summed E-state index contributed by atoms with van der Waals surface area (Å²) in [5.41, 5.74) is 2.10. The van der Waals surface area contributed by atoms with E-state index in [0.29, 0.717) is 18.8 Å². The Labute approximate surface area is 96.3 Å². The second kappa shape index (κ2) is 6.48. The molecular weight excluding hydrogens is 206 g/mol. The van der Waals surface area contributed by atoms with Gasteiger partial charge >= 0.3 is 0 Å². The fraction of sp³-hybridized carbons (Fsp3) is 0.818. The monoisotopic (exact) mass is 227 g/mol. The van der Waals surface area contributed by atoms with Crippen molar-refractivity contribution in [1.29, 1.82) is 0 Å². The summed E-state index contributed by atoms with van der Waals surface area (Å²) in [6.45, 7) is 3.78. The molecule has 1 atom stereocenters. The maximum absolute atomic E-state index is 11.6. The number of unbranched alkanes of at least 4 members (excludes halogenated alkanes) is 1. The summed E-state index contributed by atoms with van der Waals surface area (Å²) >= 11 is 0. The molecule has 0 aliphatic carbocycles. The van der Waals surface area contributed by atoms with Crippen molar-refractivity contribution in [3.05, 3.63) is 0 Å². The van der Waals surface area contributed by atoms with E-state index in [9.17, 15) is 9.59 Å². The highest BCUT2D eigenvalue weighted by Crippen LogP contribution is 2.20. The minimum Gasteiger partial charge on any atom is -0.342 e. The molecule has 1 aliphatic heterocycles. The molecule has 5 nitrogen and oxygen atoms in total. The number of carbonyl (C=O) groups is 2. The van der Waals surface area contributed by atoms with Crippen LogP contribution in [0.1, 0.15) is 39.0 Å². The van der Waals surface area contributed by atoms with Crippen molar-refractivity contribution < 1.29 is 9.59 Å². The first-order chi connectivity index (χ1) is 7.67. The van der Waals surface area contributed by atoms with Crippen molar-refractivity contribution in [2.24, 2.45) is 11.8 Å². The van der Waals surface area contributed by atoms with Gasteiger partial charge in [0.05, 0.1) is 0 Å². The van der Waals surface area contributed by atoms with Crippen LogP contribution in [-0.2, 0) is 9.59 Å². The van der Waals surface area contributed by atoms with Crippen LogP contribution in [0.3, 0.4) is 0 Å². The van der Waals surface area contributed by atoms with Crippen molar-refractivity contribution in [2.75, 3.05) is 13.1 Å². The quantitative estimate of drug-likeness (QED) is 0.298. The fourth-order valence-corrected chi connectivity index (χ4v) is 2.00. The predicted octanol–water partition coefficient (Wildman–Crippen LogP) is 0.405. The molecule has 1 saturated heterocycles. The number of amides is 2. The highest BCUT2D eigenvalue weighted by Gasteiger charge is 2.27. The predicted molar refractivity (Wildman–Crippen MR) is 61.2 cm³/mol. The first-order valence-electron chi connectivity index (χ1n) is 5.94. The van der Waals surface area contributed by atoms with Crippen molar-refractivity contribution in [1.82, 2.24) is 10.3 Å². The molecule has 0 radical (unpaired) electrons. The largest absolute Gasteiger partial charge is 0.342 e. The highest BCUT2D eigenvalue weighted by atomic mass is 16.2. The topological polar surface area (TPSA) is 75.4 Å². The molecule has 16 heavy (non-hydrogen) atoms. The molecular formula is C11H21N3O2. The van der Waals surface area contributed by atoms with Crippen LogP contribution in [0.15, 0.2) is 0 Å². The SMILES string of the molecule is CCC1CC(=O)N(CCCCC(=O)NN)C1. The lowest BCUT2D eigenvalue weighted by Gasteiger charge is -2.15. The zero-order valence-electron chi connectivity index (χ0n) is 9.87. The summed E-state index contributed by atoms with van der Waals surface area (Å²) in [5.74, 6) is 5.62. The van der Waals surface area contributed by atoms with Crippen LogP contribution >= 0.6 is 0 Å². The Hall–Kier alpha value is -1.10. The number of carbonyl (C=O) groups excluding carboxylic acids is 2. The van der Waals surface area contributed by atoms with E-state index in [-0.39, 0.29) is 11.8 Å². The molecule has 0 bridgehead atoms. The van der Waals surface area contributed by atoms with Gasteiger partial charge in [-0.25, -0.2) is 5.84 Å². The molecule has 1 fully saturated rings. The van der Waals surface area contributed by atoms with Gasteiger partial charge in [-0.15, -0.1) is 0 Å². The van der Waals surface area contributed by atoms with E-state index in [0.717, 1.165) is 32.4 Å². The normalized spacial score (nSPS) is 20.2. The highest BCUT2D eigenvalue weighted by molar-refractivity contribution is 5.78. The maximum atomic E-state index is 11.6. The molecule has 0 aromatic carbocycles. The van der Waals surface area contributed by atoms with E-state index in [2.05, 4.69) is 12.3 Å². The van der Waals surface area contributed by atoms with Crippen LogP contribution in [0, 0.1) is 5.92 Å². The molecule has 0 spiro atoms. The van der Waals surface area contributed by atoms with Gasteiger partial charge < -0.3 is 4.90 Å². The lowest BCUT2D eigenvalue weighted by Crippen LogP contribution is -2.30. The van der Waals surface area contributed by atoms with Crippen molar-refractivity contribution in [2.45, 2.75) is 39.0 Å². The van der Waals surface area contributed by atoms with Crippen LogP contribution < -0.4 is 11.3 Å². The average Bonchev–Trinajstić information content (AvgIpc) is 2.65. The smallest absolute Gasteiger partial charge is 0.233 e. The second-order valence-electron chi connectivity index (χ2n) is 4.34. The van der Waals surface area contributed by atoms with Crippen LogP contribution in [0.2, 0.25) is 0 Å².